The Morgan fingerprint density at radius 3 is 1.11 bits per heavy atom. The van der Waals surface area contributed by atoms with Crippen molar-refractivity contribution < 1.29 is 21.1 Å². The first-order valence-corrected chi connectivity index (χ1v) is 19.3. The summed E-state index contributed by atoms with van der Waals surface area (Å²) in [6.07, 6.45) is 3.72. The first kappa shape index (κ1) is 35.0. The molecule has 6 aromatic carbocycles. The van der Waals surface area contributed by atoms with E-state index in [1.54, 1.807) is 0 Å². The summed E-state index contributed by atoms with van der Waals surface area (Å²) in [6, 6.07) is 58.5. The summed E-state index contributed by atoms with van der Waals surface area (Å²) in [6.45, 7) is 6.16. The minimum absolute atomic E-state index is 0. The van der Waals surface area contributed by atoms with Gasteiger partial charge in [-0.15, -0.1) is 24.3 Å². The van der Waals surface area contributed by atoms with Crippen LogP contribution in [0, 0.1) is 12.1 Å². The molecule has 0 bridgehead atoms. The Bertz CT molecular complexity index is 3130. The number of pyridine rings is 2. The number of nitrogens with zero attached hydrogens (tertiary/aromatic N) is 6. The van der Waals surface area contributed by atoms with Crippen molar-refractivity contribution in [3.05, 3.63) is 170 Å². The molecular formula is C50H36N6Pt. The van der Waals surface area contributed by atoms with Gasteiger partial charge in [0, 0.05) is 91.2 Å². The predicted molar refractivity (Wildman–Crippen MR) is 232 cm³/mol. The molecule has 6 aromatic heterocycles. The van der Waals surface area contributed by atoms with Crippen LogP contribution in [0.5, 0.6) is 0 Å². The molecule has 0 radical (unpaired) electrons. The van der Waals surface area contributed by atoms with Crippen molar-refractivity contribution in [2.75, 3.05) is 0 Å². The molecule has 0 saturated carbocycles. The fourth-order valence-corrected chi connectivity index (χ4v) is 8.97. The van der Waals surface area contributed by atoms with E-state index in [0.717, 1.165) is 57.3 Å². The van der Waals surface area contributed by atoms with Gasteiger partial charge in [-0.2, -0.15) is 0 Å². The Hall–Kier alpha value is -6.49. The molecule has 0 aliphatic rings. The molecule has 0 atom stereocenters. The summed E-state index contributed by atoms with van der Waals surface area (Å²) in [5, 5.41) is 7.27. The van der Waals surface area contributed by atoms with E-state index in [0.29, 0.717) is 0 Å². The second kappa shape index (κ2) is 13.9. The van der Waals surface area contributed by atoms with Crippen LogP contribution in [-0.2, 0) is 34.2 Å². The van der Waals surface area contributed by atoms with Gasteiger partial charge in [-0.1, -0.05) is 95.7 Å². The third kappa shape index (κ3) is 5.28. The van der Waals surface area contributed by atoms with Crippen LogP contribution in [0.1, 0.15) is 13.8 Å². The normalized spacial score (nSPS) is 11.7. The molecule has 0 unspecified atom stereocenters. The maximum absolute atomic E-state index is 4.61. The fraction of sp³-hybridized carbons (Fsp3) is 0.0800. The number of aromatic nitrogens is 6. The van der Waals surface area contributed by atoms with Gasteiger partial charge >= 0.3 is 21.1 Å². The summed E-state index contributed by atoms with van der Waals surface area (Å²) < 4.78 is 9.33. The van der Waals surface area contributed by atoms with Crippen molar-refractivity contribution in [3.8, 4) is 11.4 Å². The summed E-state index contributed by atoms with van der Waals surface area (Å²) in [4.78, 5) is 9.22. The molecule has 276 valence electrons. The van der Waals surface area contributed by atoms with Crippen LogP contribution in [0.3, 0.4) is 0 Å². The molecule has 0 spiro atoms. The van der Waals surface area contributed by atoms with Gasteiger partial charge in [0.25, 0.3) is 0 Å². The summed E-state index contributed by atoms with van der Waals surface area (Å²) >= 11 is 0. The van der Waals surface area contributed by atoms with E-state index in [2.05, 4.69) is 188 Å². The van der Waals surface area contributed by atoms with E-state index in [9.17, 15) is 0 Å². The van der Waals surface area contributed by atoms with Gasteiger partial charge in [0.05, 0.1) is 0 Å². The Kier molecular flexibility index (Phi) is 8.53. The van der Waals surface area contributed by atoms with Crippen LogP contribution < -0.4 is 0 Å². The number of para-hydroxylation sites is 4. The molecular weight excluding hydrogens is 880 g/mol. The second-order valence-corrected chi connectivity index (χ2v) is 14.2. The number of benzene rings is 6. The first-order chi connectivity index (χ1) is 27.7. The van der Waals surface area contributed by atoms with Crippen LogP contribution in [0.4, 0.5) is 0 Å². The molecule has 0 fully saturated rings. The molecule has 0 saturated heterocycles. The number of hydrogen-bond donors (Lipinski definition) is 0. The Morgan fingerprint density at radius 2 is 0.754 bits per heavy atom. The maximum atomic E-state index is 4.61. The Labute approximate surface area is 343 Å². The van der Waals surface area contributed by atoms with E-state index in [1.165, 1.54) is 54.6 Å². The van der Waals surface area contributed by atoms with Crippen LogP contribution >= 0.6 is 0 Å². The van der Waals surface area contributed by atoms with E-state index in [4.69, 9.17) is 0 Å². The molecule has 12 aromatic rings. The van der Waals surface area contributed by atoms with Gasteiger partial charge < -0.3 is 28.2 Å². The van der Waals surface area contributed by atoms with Crippen molar-refractivity contribution in [1.29, 1.82) is 0 Å². The Morgan fingerprint density at radius 1 is 0.421 bits per heavy atom. The van der Waals surface area contributed by atoms with Crippen molar-refractivity contribution in [3.63, 3.8) is 0 Å². The topological polar surface area (TPSA) is 45.5 Å². The van der Waals surface area contributed by atoms with Crippen LogP contribution in [0.2, 0.25) is 0 Å². The van der Waals surface area contributed by atoms with Crippen LogP contribution in [0.15, 0.2) is 158 Å². The van der Waals surface area contributed by atoms with Gasteiger partial charge in [0.15, 0.2) is 0 Å². The molecule has 7 heteroatoms. The van der Waals surface area contributed by atoms with Gasteiger partial charge in [0.1, 0.15) is 0 Å². The fourth-order valence-electron chi connectivity index (χ4n) is 8.97. The van der Waals surface area contributed by atoms with Crippen molar-refractivity contribution in [2.24, 2.45) is 0 Å². The number of rotatable bonds is 4. The zero-order valence-electron chi connectivity index (χ0n) is 31.4. The van der Waals surface area contributed by atoms with E-state index >= 15 is 0 Å². The molecule has 57 heavy (non-hydrogen) atoms. The molecule has 0 N–H and O–H groups in total. The van der Waals surface area contributed by atoms with E-state index < -0.39 is 0 Å². The minimum atomic E-state index is 0. The zero-order valence-corrected chi connectivity index (χ0v) is 33.7. The third-order valence-electron chi connectivity index (χ3n) is 11.3. The van der Waals surface area contributed by atoms with Gasteiger partial charge in [-0.25, -0.2) is 0 Å². The SMILES string of the molecule is CCn1c2cc(-n3c4ccccc4c4ccccc43)c[c-]c2c2ncccc21.CCn1c2cc(-n3c4ccccc4c4ccccc43)c[c-]c2c2ncccc21.[Pt+2]. The van der Waals surface area contributed by atoms with Crippen LogP contribution in [-0.4, -0.2) is 28.2 Å². The van der Waals surface area contributed by atoms with Gasteiger partial charge in [0.2, 0.25) is 0 Å². The monoisotopic (exact) mass is 915 g/mol. The van der Waals surface area contributed by atoms with Gasteiger partial charge in [-0.05, 0) is 84.8 Å². The predicted octanol–water partition coefficient (Wildman–Crippen LogP) is 12.2. The molecule has 0 aliphatic heterocycles. The molecule has 6 heterocycles. The first-order valence-electron chi connectivity index (χ1n) is 19.3. The maximum Gasteiger partial charge on any atom is 2.00 e. The quantitative estimate of drug-likeness (QED) is 0.165. The zero-order chi connectivity index (χ0) is 37.3. The van der Waals surface area contributed by atoms with E-state index in [-0.39, 0.29) is 21.1 Å². The van der Waals surface area contributed by atoms with Crippen molar-refractivity contribution in [2.45, 2.75) is 26.9 Å². The molecule has 6 nitrogen and oxygen atoms in total. The molecule has 12 rings (SSSR count). The van der Waals surface area contributed by atoms with Gasteiger partial charge in [-0.3, -0.25) is 0 Å². The number of fused-ring (bicyclic) bond motifs is 12. The largest absolute Gasteiger partial charge is 2.00 e. The summed E-state index contributed by atoms with van der Waals surface area (Å²) in [5.41, 5.74) is 13.8. The van der Waals surface area contributed by atoms with Crippen molar-refractivity contribution in [1.82, 2.24) is 28.2 Å². The number of aryl methyl sites for hydroxylation is 2. The van der Waals surface area contributed by atoms with Crippen molar-refractivity contribution >= 4 is 87.5 Å². The summed E-state index contributed by atoms with van der Waals surface area (Å²) in [5.74, 6) is 0. The minimum Gasteiger partial charge on any atom is -0.388 e. The Balaban J connectivity index is 0.000000137. The smallest absolute Gasteiger partial charge is 0.388 e. The standard InChI is InChI=1S/2C25H18N3.Pt/c2*1-2-27-23-12-7-15-26-25(23)20-14-13-17(16-24(20)27)28-21-10-5-3-8-18(21)19-9-4-6-11-22(19)28;/h2*3-13,15-16H,2H2,1H3;/q2*-1;+2. The van der Waals surface area contributed by atoms with Crippen LogP contribution in [0.25, 0.3) is 98.9 Å². The average Bonchev–Trinajstić information content (AvgIpc) is 3.98. The van der Waals surface area contributed by atoms with E-state index in [1.807, 2.05) is 24.5 Å². The molecule has 0 amide bonds. The average molecular weight is 916 g/mol. The molecule has 0 aliphatic carbocycles. The number of hydrogen-bond acceptors (Lipinski definition) is 2. The third-order valence-corrected chi connectivity index (χ3v) is 11.3. The summed E-state index contributed by atoms with van der Waals surface area (Å²) in [7, 11) is 0. The second-order valence-electron chi connectivity index (χ2n) is 14.2.